The number of carboxylic acid groups (broad SMARTS) is 1. The lowest BCUT2D eigenvalue weighted by atomic mass is 9.97. The quantitative estimate of drug-likeness (QED) is 0.484. The van der Waals surface area contributed by atoms with Crippen molar-refractivity contribution in [3.63, 3.8) is 0 Å². The van der Waals surface area contributed by atoms with Gasteiger partial charge in [-0.15, -0.1) is 0 Å². The first-order chi connectivity index (χ1) is 14.8. The van der Waals surface area contributed by atoms with Crippen molar-refractivity contribution in [3.05, 3.63) is 78.2 Å². The van der Waals surface area contributed by atoms with Crippen LogP contribution in [0.25, 0.3) is 27.7 Å². The molecule has 1 aliphatic carbocycles. The largest absolute Gasteiger partial charge is 0.481 e. The van der Waals surface area contributed by atoms with Crippen molar-refractivity contribution < 1.29 is 23.1 Å². The number of rotatable bonds is 4. The highest BCUT2D eigenvalue weighted by Gasteiger charge is 2.45. The summed E-state index contributed by atoms with van der Waals surface area (Å²) in [6.45, 7) is 0. The molecule has 0 amide bonds. The van der Waals surface area contributed by atoms with E-state index >= 15 is 0 Å². The van der Waals surface area contributed by atoms with Crippen molar-refractivity contribution in [1.82, 2.24) is 14.8 Å². The van der Waals surface area contributed by atoms with Crippen molar-refractivity contribution in [2.75, 3.05) is 0 Å². The predicted molar refractivity (Wildman–Crippen MR) is 108 cm³/mol. The third-order valence-electron chi connectivity index (χ3n) is 5.60. The molecular formula is C23H16F3N3O2. The van der Waals surface area contributed by atoms with Gasteiger partial charge in [0, 0.05) is 23.7 Å². The van der Waals surface area contributed by atoms with Crippen LogP contribution >= 0.6 is 0 Å². The second-order valence-corrected chi connectivity index (χ2v) is 7.65. The third kappa shape index (κ3) is 3.54. The maximum atomic E-state index is 12.9. The number of carboxylic acids is 1. The van der Waals surface area contributed by atoms with Gasteiger partial charge in [0.05, 0.1) is 28.9 Å². The van der Waals surface area contributed by atoms with Crippen LogP contribution in [-0.2, 0) is 11.0 Å². The fourth-order valence-corrected chi connectivity index (χ4v) is 3.90. The van der Waals surface area contributed by atoms with E-state index in [0.29, 0.717) is 17.5 Å². The molecule has 1 fully saturated rings. The van der Waals surface area contributed by atoms with Crippen LogP contribution in [0.1, 0.15) is 23.5 Å². The number of pyridine rings is 1. The van der Waals surface area contributed by atoms with Crippen LogP contribution in [0.2, 0.25) is 0 Å². The van der Waals surface area contributed by atoms with Gasteiger partial charge >= 0.3 is 12.1 Å². The van der Waals surface area contributed by atoms with Crippen molar-refractivity contribution in [1.29, 1.82) is 0 Å². The van der Waals surface area contributed by atoms with Crippen LogP contribution in [0.15, 0.2) is 67.1 Å². The van der Waals surface area contributed by atoms with E-state index in [9.17, 15) is 23.1 Å². The SMILES string of the molecule is O=C(O)[C@@H]1CC1c1cc(-c2ccc(C(F)(F)F)cc2)cc2cn(-c3cccnc3)nc12. The zero-order valence-corrected chi connectivity index (χ0v) is 16.0. The van der Waals surface area contributed by atoms with Gasteiger partial charge in [-0.3, -0.25) is 9.78 Å². The van der Waals surface area contributed by atoms with E-state index in [0.717, 1.165) is 34.3 Å². The van der Waals surface area contributed by atoms with Crippen LogP contribution in [-0.4, -0.2) is 25.8 Å². The number of aliphatic carboxylic acids is 1. The van der Waals surface area contributed by atoms with Crippen molar-refractivity contribution in [3.8, 4) is 16.8 Å². The molecule has 2 aromatic carbocycles. The van der Waals surface area contributed by atoms with E-state index in [1.807, 2.05) is 24.4 Å². The van der Waals surface area contributed by atoms with Gasteiger partial charge in [0.25, 0.3) is 0 Å². The van der Waals surface area contributed by atoms with Gasteiger partial charge in [0.15, 0.2) is 0 Å². The Labute approximate surface area is 174 Å². The Morgan fingerprint density at radius 2 is 1.87 bits per heavy atom. The first kappa shape index (κ1) is 19.3. The van der Waals surface area contributed by atoms with Gasteiger partial charge in [-0.1, -0.05) is 12.1 Å². The fourth-order valence-electron chi connectivity index (χ4n) is 3.90. The summed E-state index contributed by atoms with van der Waals surface area (Å²) < 4.78 is 40.4. The number of fused-ring (bicyclic) bond motifs is 1. The third-order valence-corrected chi connectivity index (χ3v) is 5.60. The molecule has 1 unspecified atom stereocenters. The molecule has 1 N–H and O–H groups in total. The molecule has 0 bridgehead atoms. The summed E-state index contributed by atoms with van der Waals surface area (Å²) in [5.41, 5.74) is 2.87. The van der Waals surface area contributed by atoms with Crippen LogP contribution in [0, 0.1) is 5.92 Å². The normalized spacial score (nSPS) is 18.3. The molecule has 0 saturated heterocycles. The Hall–Kier alpha value is -3.68. The molecule has 1 saturated carbocycles. The lowest BCUT2D eigenvalue weighted by molar-refractivity contribution is -0.139. The second-order valence-electron chi connectivity index (χ2n) is 7.65. The minimum absolute atomic E-state index is 0.174. The van der Waals surface area contributed by atoms with Crippen LogP contribution < -0.4 is 0 Å². The maximum absolute atomic E-state index is 12.9. The summed E-state index contributed by atoms with van der Waals surface area (Å²) in [6, 6.07) is 12.3. The molecule has 31 heavy (non-hydrogen) atoms. The Morgan fingerprint density at radius 3 is 2.48 bits per heavy atom. The molecule has 156 valence electrons. The zero-order chi connectivity index (χ0) is 21.8. The molecule has 0 aliphatic heterocycles. The lowest BCUT2D eigenvalue weighted by Crippen LogP contribution is -2.04. The number of benzene rings is 2. The Kier molecular flexibility index (Phi) is 4.32. The van der Waals surface area contributed by atoms with E-state index in [4.69, 9.17) is 0 Å². The molecule has 0 spiro atoms. The number of hydrogen-bond donors (Lipinski definition) is 1. The van der Waals surface area contributed by atoms with Gasteiger partial charge < -0.3 is 5.11 Å². The van der Waals surface area contributed by atoms with Gasteiger partial charge in [-0.25, -0.2) is 4.68 Å². The summed E-state index contributed by atoms with van der Waals surface area (Å²) in [5, 5.41) is 14.8. The number of nitrogens with zero attached hydrogens (tertiary/aromatic N) is 3. The van der Waals surface area contributed by atoms with Crippen LogP contribution in [0.4, 0.5) is 13.2 Å². The predicted octanol–water partition coefficient (Wildman–Crippen LogP) is 5.29. The smallest absolute Gasteiger partial charge is 0.416 e. The van der Waals surface area contributed by atoms with Crippen molar-refractivity contribution >= 4 is 16.9 Å². The summed E-state index contributed by atoms with van der Waals surface area (Å²) in [5.74, 6) is -1.51. The monoisotopic (exact) mass is 423 g/mol. The Morgan fingerprint density at radius 1 is 1.10 bits per heavy atom. The fraction of sp³-hybridized carbons (Fsp3) is 0.174. The van der Waals surface area contributed by atoms with Crippen molar-refractivity contribution in [2.24, 2.45) is 5.92 Å². The number of hydrogen-bond acceptors (Lipinski definition) is 3. The molecule has 5 rings (SSSR count). The molecular weight excluding hydrogens is 407 g/mol. The van der Waals surface area contributed by atoms with E-state index < -0.39 is 23.6 Å². The minimum Gasteiger partial charge on any atom is -0.481 e. The Bertz CT molecular complexity index is 1280. The highest BCUT2D eigenvalue weighted by atomic mass is 19.4. The molecule has 2 heterocycles. The molecule has 4 aromatic rings. The Balaban J connectivity index is 1.63. The molecule has 2 atom stereocenters. The maximum Gasteiger partial charge on any atom is 0.416 e. The van der Waals surface area contributed by atoms with E-state index in [1.165, 1.54) is 12.1 Å². The molecule has 5 nitrogen and oxygen atoms in total. The summed E-state index contributed by atoms with van der Waals surface area (Å²) in [6.07, 6.45) is 1.26. The lowest BCUT2D eigenvalue weighted by Gasteiger charge is -2.09. The van der Waals surface area contributed by atoms with Gasteiger partial charge in [0.2, 0.25) is 0 Å². The molecule has 1 aliphatic rings. The summed E-state index contributed by atoms with van der Waals surface area (Å²) >= 11 is 0. The van der Waals surface area contributed by atoms with Crippen LogP contribution in [0.3, 0.4) is 0 Å². The van der Waals surface area contributed by atoms with Gasteiger partial charge in [0.1, 0.15) is 0 Å². The van der Waals surface area contributed by atoms with E-state index in [2.05, 4.69) is 10.1 Å². The highest BCUT2D eigenvalue weighted by molar-refractivity contribution is 5.90. The summed E-state index contributed by atoms with van der Waals surface area (Å²) in [4.78, 5) is 15.6. The number of alkyl halides is 3. The first-order valence-corrected chi connectivity index (χ1v) is 9.65. The molecule has 8 heteroatoms. The number of aromatic nitrogens is 3. The van der Waals surface area contributed by atoms with Crippen molar-refractivity contribution in [2.45, 2.75) is 18.5 Å². The van der Waals surface area contributed by atoms with Gasteiger partial charge in [-0.05, 0) is 59.5 Å². The van der Waals surface area contributed by atoms with E-state index in [1.54, 1.807) is 23.1 Å². The van der Waals surface area contributed by atoms with Gasteiger partial charge in [-0.2, -0.15) is 18.3 Å². The zero-order valence-electron chi connectivity index (χ0n) is 16.0. The number of carbonyl (C=O) groups is 1. The van der Waals surface area contributed by atoms with E-state index in [-0.39, 0.29) is 5.92 Å². The average Bonchev–Trinajstić information content (AvgIpc) is 3.44. The standard InChI is InChI=1S/C23H16F3N3O2/c24-23(25,26)16-5-3-13(4-6-16)14-8-15-12-29(17-2-1-7-27-11-17)28-21(15)19(9-14)18-10-20(18)22(30)31/h1-9,11-12,18,20H,10H2,(H,30,31)/t18?,20-/m1/s1. The topological polar surface area (TPSA) is 68.0 Å². The first-order valence-electron chi connectivity index (χ1n) is 9.65. The molecule has 2 aromatic heterocycles. The minimum atomic E-state index is -4.40. The highest BCUT2D eigenvalue weighted by Crippen LogP contribution is 2.50. The summed E-state index contributed by atoms with van der Waals surface area (Å²) in [7, 11) is 0. The second kappa shape index (κ2) is 6.94. The molecule has 0 radical (unpaired) electrons. The number of halogens is 3. The van der Waals surface area contributed by atoms with Crippen LogP contribution in [0.5, 0.6) is 0 Å². The average molecular weight is 423 g/mol.